The summed E-state index contributed by atoms with van der Waals surface area (Å²) in [7, 11) is -9.99. The number of carbonyl (C=O) groups excluding carboxylic acids is 4. The topological polar surface area (TPSA) is 237 Å². The minimum absolute atomic E-state index is 0.0437. The SMILES string of the molecule is CC/C=C\C/C=C\C/C=C\C/C=C\C/C=C\C/C=C\CCC(=O)O[C@H](COC(=O)CCC/C=C\C/C=C\C/C=C\C/C=C\CCCCC)COP(=O)(O)OC[C@@H](O)COP(=O)(O)OC[C@@H](COC(=O)CCCCCCCCCCCCCCC)OC(=O)CCCCCCCCCCCCCCC. The van der Waals surface area contributed by atoms with Crippen LogP contribution in [0.15, 0.2) is 122 Å². The first-order valence-corrected chi connectivity index (χ1v) is 42.8. The molecule has 0 saturated heterocycles. The van der Waals surface area contributed by atoms with Crippen LogP contribution in [0.3, 0.4) is 0 Å². The van der Waals surface area contributed by atoms with Crippen molar-refractivity contribution in [1.82, 2.24) is 0 Å². The van der Waals surface area contributed by atoms with Gasteiger partial charge in [0.2, 0.25) is 0 Å². The Labute approximate surface area is 619 Å². The quantitative estimate of drug-likeness (QED) is 0.0169. The molecule has 0 spiro atoms. The van der Waals surface area contributed by atoms with Crippen molar-refractivity contribution in [2.24, 2.45) is 0 Å². The first-order chi connectivity index (χ1) is 49.7. The third-order valence-electron chi connectivity index (χ3n) is 16.5. The van der Waals surface area contributed by atoms with Gasteiger partial charge in [0.15, 0.2) is 12.2 Å². The molecule has 0 aliphatic carbocycles. The molecule has 0 aromatic rings. The lowest BCUT2D eigenvalue weighted by molar-refractivity contribution is -0.161. The first kappa shape index (κ1) is 97.5. The van der Waals surface area contributed by atoms with Gasteiger partial charge in [-0.25, -0.2) is 9.13 Å². The summed E-state index contributed by atoms with van der Waals surface area (Å²) in [6, 6.07) is 0. The van der Waals surface area contributed by atoms with Crippen LogP contribution in [0.2, 0.25) is 0 Å². The number of aliphatic hydroxyl groups is 1. The molecule has 0 heterocycles. The average molecular weight is 1470 g/mol. The maximum absolute atomic E-state index is 13.1. The van der Waals surface area contributed by atoms with E-state index in [0.29, 0.717) is 38.5 Å². The Morgan fingerprint density at radius 3 is 0.882 bits per heavy atom. The Hall–Kier alpha value is -4.54. The molecule has 5 atom stereocenters. The van der Waals surface area contributed by atoms with E-state index in [0.717, 1.165) is 103 Å². The van der Waals surface area contributed by atoms with Gasteiger partial charge in [-0.2, -0.15) is 0 Å². The highest BCUT2D eigenvalue weighted by atomic mass is 31.2. The standard InChI is InChI=1S/C83H142O17P2/c1-5-9-13-17-21-25-29-33-35-37-38-40-42-46-50-54-58-62-66-70-83(88)100-79(74-94-81(86)68-64-60-56-52-48-45-41-39-36-34-30-26-22-18-14-10-6-2)76-98-102(91,92)96-72-77(84)71-95-101(89,90)97-75-78(99-82(87)69-65-61-57-53-49-44-32-28-24-20-16-12-8-4)73-93-80(85)67-63-59-55-51-47-43-31-27-23-19-15-11-7-3/h9,13,21-22,25-26,33-36,38,40-41,45-46,50,52,56,58,62,77-79,84H,5-8,10-12,14-20,23-24,27-32,37,39,42-44,47-49,51,53-55,57,59-61,63-76H2,1-4H3,(H,89,90)(H,91,92)/b13-9-,25-21-,26-22-,35-33-,36-34-,40-38-,45-41-,50-46-,56-52-,62-58-/t77-,78+,79+/m0/s1. The van der Waals surface area contributed by atoms with Crippen molar-refractivity contribution >= 4 is 39.5 Å². The molecule has 19 heteroatoms. The van der Waals surface area contributed by atoms with Gasteiger partial charge in [0.1, 0.15) is 19.3 Å². The molecular formula is C83H142O17P2. The fourth-order valence-electron chi connectivity index (χ4n) is 10.4. The Kier molecular flexibility index (Phi) is 71.4. The molecule has 0 aliphatic heterocycles. The number of phosphoric acid groups is 2. The van der Waals surface area contributed by atoms with Crippen molar-refractivity contribution in [2.75, 3.05) is 39.6 Å². The summed E-state index contributed by atoms with van der Waals surface area (Å²) in [4.78, 5) is 72.9. The van der Waals surface area contributed by atoms with Crippen molar-refractivity contribution in [3.63, 3.8) is 0 Å². The van der Waals surface area contributed by atoms with E-state index in [2.05, 4.69) is 119 Å². The van der Waals surface area contributed by atoms with Crippen LogP contribution in [0.25, 0.3) is 0 Å². The molecule has 0 aromatic carbocycles. The maximum Gasteiger partial charge on any atom is 0.472 e. The number of ether oxygens (including phenoxy) is 4. The van der Waals surface area contributed by atoms with Crippen LogP contribution < -0.4 is 0 Å². The lowest BCUT2D eigenvalue weighted by atomic mass is 10.0. The molecule has 102 heavy (non-hydrogen) atoms. The normalized spacial score (nSPS) is 14.5. The fraction of sp³-hybridized carbons (Fsp3) is 0.711. The zero-order chi connectivity index (χ0) is 74.6. The number of allylic oxidation sites excluding steroid dienone is 20. The summed E-state index contributed by atoms with van der Waals surface area (Å²) < 4.78 is 68.4. The van der Waals surface area contributed by atoms with Gasteiger partial charge in [-0.1, -0.05) is 316 Å². The van der Waals surface area contributed by atoms with E-state index in [1.54, 1.807) is 0 Å². The molecule has 0 radical (unpaired) electrons. The Morgan fingerprint density at radius 1 is 0.284 bits per heavy atom. The monoisotopic (exact) mass is 1470 g/mol. The van der Waals surface area contributed by atoms with Crippen LogP contribution in [0.1, 0.15) is 323 Å². The van der Waals surface area contributed by atoms with E-state index >= 15 is 0 Å². The summed E-state index contributed by atoms with van der Waals surface area (Å²) in [5.74, 6) is -2.33. The largest absolute Gasteiger partial charge is 0.472 e. The van der Waals surface area contributed by atoms with Gasteiger partial charge in [0.25, 0.3) is 0 Å². The summed E-state index contributed by atoms with van der Waals surface area (Å²) in [5.41, 5.74) is 0. The van der Waals surface area contributed by atoms with E-state index in [9.17, 15) is 43.2 Å². The number of hydrogen-bond acceptors (Lipinski definition) is 15. The van der Waals surface area contributed by atoms with Gasteiger partial charge in [-0.05, 0) is 103 Å². The molecule has 2 unspecified atom stereocenters. The average Bonchev–Trinajstić information content (AvgIpc) is 0.907. The summed E-state index contributed by atoms with van der Waals surface area (Å²) in [5, 5.41) is 10.6. The van der Waals surface area contributed by atoms with E-state index in [1.807, 2.05) is 30.4 Å². The van der Waals surface area contributed by atoms with Gasteiger partial charge in [0.05, 0.1) is 26.4 Å². The van der Waals surface area contributed by atoms with E-state index < -0.39 is 97.5 Å². The van der Waals surface area contributed by atoms with Crippen LogP contribution in [0.5, 0.6) is 0 Å². The Bertz CT molecular complexity index is 2410. The molecule has 0 aromatic heterocycles. The smallest absolute Gasteiger partial charge is 0.462 e. The number of carbonyl (C=O) groups is 4. The number of hydrogen-bond donors (Lipinski definition) is 3. The van der Waals surface area contributed by atoms with E-state index in [1.165, 1.54) is 128 Å². The molecule has 0 saturated carbocycles. The van der Waals surface area contributed by atoms with Gasteiger partial charge in [-0.3, -0.25) is 37.3 Å². The molecule has 586 valence electrons. The van der Waals surface area contributed by atoms with Gasteiger partial charge >= 0.3 is 39.5 Å². The van der Waals surface area contributed by atoms with Crippen molar-refractivity contribution in [2.45, 2.75) is 341 Å². The van der Waals surface area contributed by atoms with Crippen LogP contribution in [0.4, 0.5) is 0 Å². The highest BCUT2D eigenvalue weighted by molar-refractivity contribution is 7.47. The van der Waals surface area contributed by atoms with Gasteiger partial charge < -0.3 is 33.8 Å². The Balaban J connectivity index is 5.47. The highest BCUT2D eigenvalue weighted by Crippen LogP contribution is 2.45. The molecule has 0 fully saturated rings. The molecule has 0 amide bonds. The second-order valence-electron chi connectivity index (χ2n) is 26.3. The minimum atomic E-state index is -5.01. The van der Waals surface area contributed by atoms with Crippen LogP contribution in [-0.2, 0) is 65.4 Å². The highest BCUT2D eigenvalue weighted by Gasteiger charge is 2.30. The van der Waals surface area contributed by atoms with Crippen molar-refractivity contribution in [3.8, 4) is 0 Å². The predicted octanol–water partition coefficient (Wildman–Crippen LogP) is 23.1. The third-order valence-corrected chi connectivity index (χ3v) is 18.4. The molecule has 3 N–H and O–H groups in total. The van der Waals surface area contributed by atoms with Crippen molar-refractivity contribution in [1.29, 1.82) is 0 Å². The number of phosphoric ester groups is 2. The van der Waals surface area contributed by atoms with Crippen molar-refractivity contribution < 1.29 is 80.2 Å². The second kappa shape index (κ2) is 74.7. The molecule has 0 bridgehead atoms. The first-order valence-electron chi connectivity index (χ1n) is 39.8. The van der Waals surface area contributed by atoms with Crippen molar-refractivity contribution in [3.05, 3.63) is 122 Å². The van der Waals surface area contributed by atoms with Crippen LogP contribution in [-0.4, -0.2) is 96.7 Å². The zero-order valence-corrected chi connectivity index (χ0v) is 65.8. The lowest BCUT2D eigenvalue weighted by Crippen LogP contribution is -2.30. The number of unbranched alkanes of at least 4 members (excludes halogenated alkanes) is 28. The van der Waals surface area contributed by atoms with E-state index in [-0.39, 0.29) is 25.7 Å². The third kappa shape index (κ3) is 73.8. The number of rotatable bonds is 74. The summed E-state index contributed by atoms with van der Waals surface area (Å²) in [6.45, 7) is 4.61. The number of aliphatic hydroxyl groups excluding tert-OH is 1. The molecular weight excluding hydrogens is 1330 g/mol. The zero-order valence-electron chi connectivity index (χ0n) is 64.0. The molecule has 17 nitrogen and oxygen atoms in total. The predicted molar refractivity (Wildman–Crippen MR) is 418 cm³/mol. The number of esters is 4. The Morgan fingerprint density at radius 2 is 0.539 bits per heavy atom. The lowest BCUT2D eigenvalue weighted by Gasteiger charge is -2.21. The maximum atomic E-state index is 13.1. The summed E-state index contributed by atoms with van der Waals surface area (Å²) >= 11 is 0. The van der Waals surface area contributed by atoms with Gasteiger partial charge in [0, 0.05) is 25.7 Å². The molecule has 0 aliphatic rings. The van der Waals surface area contributed by atoms with E-state index in [4.69, 9.17) is 37.0 Å². The molecule has 0 rings (SSSR count). The van der Waals surface area contributed by atoms with Crippen LogP contribution >= 0.6 is 15.6 Å². The fourth-order valence-corrected chi connectivity index (χ4v) is 12.0. The summed E-state index contributed by atoms with van der Waals surface area (Å²) in [6.07, 6.45) is 82.0. The minimum Gasteiger partial charge on any atom is -0.462 e. The van der Waals surface area contributed by atoms with Crippen LogP contribution in [0, 0.1) is 0 Å². The van der Waals surface area contributed by atoms with Gasteiger partial charge in [-0.15, -0.1) is 0 Å². The second-order valence-corrected chi connectivity index (χ2v) is 29.2.